The van der Waals surface area contributed by atoms with Crippen LogP contribution in [0.25, 0.3) is 0 Å². The van der Waals surface area contributed by atoms with E-state index in [4.69, 9.17) is 5.26 Å². The molecule has 94 valence electrons. The molecule has 1 saturated carbocycles. The van der Waals surface area contributed by atoms with Crippen LogP contribution in [0.15, 0.2) is 36.0 Å². The summed E-state index contributed by atoms with van der Waals surface area (Å²) in [4.78, 5) is 0. The van der Waals surface area contributed by atoms with Gasteiger partial charge in [-0.3, -0.25) is 0 Å². The first-order chi connectivity index (χ1) is 8.83. The molecule has 1 aromatic rings. The molecule has 2 rings (SSSR count). The zero-order valence-corrected chi connectivity index (χ0v) is 12.5. The van der Waals surface area contributed by atoms with E-state index >= 15 is 0 Å². The summed E-state index contributed by atoms with van der Waals surface area (Å²) in [6, 6.07) is 10.4. The van der Waals surface area contributed by atoms with Gasteiger partial charge in [-0.2, -0.15) is 5.26 Å². The number of hydrogen-bond donors (Lipinski definition) is 0. The van der Waals surface area contributed by atoms with E-state index < -0.39 is 0 Å². The van der Waals surface area contributed by atoms with E-state index in [2.05, 4.69) is 36.9 Å². The predicted octanol–water partition coefficient (Wildman–Crippen LogP) is 3.71. The van der Waals surface area contributed by atoms with Gasteiger partial charge < -0.3 is 0 Å². The lowest BCUT2D eigenvalue weighted by molar-refractivity contribution is 0.442. The SMILES string of the molecule is C/C=C/[SiH2]C1CCC(c2ccc(C#N)cc2)CC1. The van der Waals surface area contributed by atoms with Crippen LogP contribution in [0.2, 0.25) is 5.54 Å². The molecule has 0 saturated heterocycles. The van der Waals surface area contributed by atoms with E-state index in [0.29, 0.717) is 0 Å². The van der Waals surface area contributed by atoms with E-state index in [-0.39, 0.29) is 9.52 Å². The van der Waals surface area contributed by atoms with Crippen molar-refractivity contribution in [1.82, 2.24) is 0 Å². The lowest BCUT2D eigenvalue weighted by Crippen LogP contribution is -2.13. The fourth-order valence-corrected chi connectivity index (χ4v) is 4.49. The van der Waals surface area contributed by atoms with Gasteiger partial charge in [0.1, 0.15) is 0 Å². The van der Waals surface area contributed by atoms with Gasteiger partial charge in [-0.25, -0.2) is 0 Å². The Morgan fingerprint density at radius 3 is 2.39 bits per heavy atom. The summed E-state index contributed by atoms with van der Waals surface area (Å²) >= 11 is 0. The average molecular weight is 255 g/mol. The highest BCUT2D eigenvalue weighted by molar-refractivity contribution is 6.43. The highest BCUT2D eigenvalue weighted by atomic mass is 28.2. The van der Waals surface area contributed by atoms with E-state index in [1.807, 2.05) is 12.1 Å². The van der Waals surface area contributed by atoms with Crippen molar-refractivity contribution in [2.24, 2.45) is 0 Å². The first-order valence-corrected chi connectivity index (χ1v) is 8.58. The van der Waals surface area contributed by atoms with Gasteiger partial charge in [0.2, 0.25) is 0 Å². The third-order valence-corrected chi connectivity index (χ3v) is 6.29. The Morgan fingerprint density at radius 2 is 1.83 bits per heavy atom. The molecular weight excluding hydrogens is 234 g/mol. The zero-order valence-electron chi connectivity index (χ0n) is 11.1. The molecule has 0 spiro atoms. The molecule has 0 unspecified atom stereocenters. The van der Waals surface area contributed by atoms with Crippen LogP contribution in [0.5, 0.6) is 0 Å². The Labute approximate surface area is 112 Å². The van der Waals surface area contributed by atoms with Gasteiger partial charge >= 0.3 is 0 Å². The summed E-state index contributed by atoms with van der Waals surface area (Å²) in [7, 11) is 0.0292. The Kier molecular flexibility index (Phi) is 4.78. The van der Waals surface area contributed by atoms with Crippen molar-refractivity contribution in [3.05, 3.63) is 47.2 Å². The zero-order chi connectivity index (χ0) is 12.8. The molecular formula is C16H21NSi. The third-order valence-electron chi connectivity index (χ3n) is 4.06. The molecule has 1 aromatic carbocycles. The molecule has 0 N–H and O–H groups in total. The molecule has 0 aliphatic heterocycles. The predicted molar refractivity (Wildman–Crippen MR) is 79.5 cm³/mol. The van der Waals surface area contributed by atoms with Crippen molar-refractivity contribution in [3.8, 4) is 6.07 Å². The first kappa shape index (κ1) is 13.1. The Bertz CT molecular complexity index is 433. The van der Waals surface area contributed by atoms with Gasteiger partial charge in [-0.15, -0.1) is 5.70 Å². The molecule has 0 amide bonds. The summed E-state index contributed by atoms with van der Waals surface area (Å²) < 4.78 is 0. The van der Waals surface area contributed by atoms with Crippen LogP contribution in [0.4, 0.5) is 0 Å². The highest BCUT2D eigenvalue weighted by Crippen LogP contribution is 2.38. The van der Waals surface area contributed by atoms with Crippen LogP contribution in [0, 0.1) is 11.3 Å². The van der Waals surface area contributed by atoms with Crippen molar-refractivity contribution >= 4 is 9.52 Å². The van der Waals surface area contributed by atoms with Gasteiger partial charge in [0.05, 0.1) is 11.6 Å². The molecule has 0 bridgehead atoms. The summed E-state index contributed by atoms with van der Waals surface area (Å²) in [6.45, 7) is 2.13. The smallest absolute Gasteiger partial charge is 0.0991 e. The van der Waals surface area contributed by atoms with Crippen molar-refractivity contribution in [2.75, 3.05) is 0 Å². The largest absolute Gasteiger partial charge is 0.192 e. The van der Waals surface area contributed by atoms with Crippen molar-refractivity contribution in [3.63, 3.8) is 0 Å². The standard InChI is InChI=1S/C16H21NSi/c1-2-11-18-16-9-7-15(8-10-16)14-5-3-13(12-17)4-6-14/h2-6,11,15-16H,7-10,18H2,1H3/b11-2+. The summed E-state index contributed by atoms with van der Waals surface area (Å²) in [5.41, 5.74) is 5.66. The van der Waals surface area contributed by atoms with Gasteiger partial charge in [-0.1, -0.05) is 31.1 Å². The number of nitrogens with zero attached hydrogens (tertiary/aromatic N) is 1. The van der Waals surface area contributed by atoms with Gasteiger partial charge in [0, 0.05) is 9.52 Å². The van der Waals surface area contributed by atoms with Crippen LogP contribution in [0.3, 0.4) is 0 Å². The lowest BCUT2D eigenvalue weighted by atomic mass is 9.83. The minimum Gasteiger partial charge on any atom is -0.192 e. The molecule has 18 heavy (non-hydrogen) atoms. The molecule has 1 nitrogen and oxygen atoms in total. The number of benzene rings is 1. The monoisotopic (exact) mass is 255 g/mol. The van der Waals surface area contributed by atoms with E-state index in [9.17, 15) is 0 Å². The van der Waals surface area contributed by atoms with Crippen molar-refractivity contribution < 1.29 is 0 Å². The second kappa shape index (κ2) is 6.56. The van der Waals surface area contributed by atoms with Crippen molar-refractivity contribution in [1.29, 1.82) is 5.26 Å². The summed E-state index contributed by atoms with van der Waals surface area (Å²) in [5.74, 6) is 0.730. The van der Waals surface area contributed by atoms with Gasteiger partial charge in [0.15, 0.2) is 0 Å². The van der Waals surface area contributed by atoms with Gasteiger partial charge in [-0.05, 0) is 48.9 Å². The maximum atomic E-state index is 8.80. The highest BCUT2D eigenvalue weighted by Gasteiger charge is 2.21. The molecule has 1 aliphatic rings. The maximum absolute atomic E-state index is 8.80. The van der Waals surface area contributed by atoms with E-state index in [0.717, 1.165) is 17.0 Å². The lowest BCUT2D eigenvalue weighted by Gasteiger charge is -2.28. The number of allylic oxidation sites excluding steroid dienone is 1. The number of nitriles is 1. The quantitative estimate of drug-likeness (QED) is 0.755. The maximum Gasteiger partial charge on any atom is 0.0991 e. The van der Waals surface area contributed by atoms with Crippen molar-refractivity contribution in [2.45, 2.75) is 44.1 Å². The average Bonchev–Trinajstić information content (AvgIpc) is 2.46. The summed E-state index contributed by atoms with van der Waals surface area (Å²) in [5, 5.41) is 8.80. The van der Waals surface area contributed by atoms with Crippen LogP contribution in [0.1, 0.15) is 49.7 Å². The fraction of sp³-hybridized carbons (Fsp3) is 0.438. The Hall–Kier alpha value is -1.33. The topological polar surface area (TPSA) is 23.8 Å². The Balaban J connectivity index is 1.90. The molecule has 1 fully saturated rings. The minimum atomic E-state index is 0.0292. The van der Waals surface area contributed by atoms with Crippen LogP contribution in [-0.2, 0) is 0 Å². The molecule has 0 radical (unpaired) electrons. The van der Waals surface area contributed by atoms with E-state index in [1.165, 1.54) is 31.2 Å². The molecule has 0 heterocycles. The normalized spacial score (nSPS) is 24.7. The van der Waals surface area contributed by atoms with Crippen LogP contribution >= 0.6 is 0 Å². The molecule has 1 aliphatic carbocycles. The van der Waals surface area contributed by atoms with Gasteiger partial charge in [0.25, 0.3) is 0 Å². The first-order valence-electron chi connectivity index (χ1n) is 6.94. The third kappa shape index (κ3) is 3.33. The number of rotatable bonds is 3. The molecule has 2 heteroatoms. The second-order valence-electron chi connectivity index (χ2n) is 5.26. The Morgan fingerprint density at radius 1 is 1.17 bits per heavy atom. The van der Waals surface area contributed by atoms with Crippen LogP contribution < -0.4 is 0 Å². The van der Waals surface area contributed by atoms with E-state index in [1.54, 1.807) is 0 Å². The molecule has 0 atom stereocenters. The molecule has 0 aromatic heterocycles. The van der Waals surface area contributed by atoms with Crippen LogP contribution in [-0.4, -0.2) is 9.52 Å². The second-order valence-corrected chi connectivity index (χ2v) is 7.35. The fourth-order valence-electron chi connectivity index (χ4n) is 2.89. The minimum absolute atomic E-state index is 0.0292. The summed E-state index contributed by atoms with van der Waals surface area (Å²) in [6.07, 6.45) is 7.70. The number of hydrogen-bond acceptors (Lipinski definition) is 1.